The molecule has 0 unspecified atom stereocenters. The fourth-order valence-corrected chi connectivity index (χ4v) is 1.88. The minimum atomic E-state index is 0.470. The lowest BCUT2D eigenvalue weighted by Gasteiger charge is -2.14. The molecule has 1 N–H and O–H groups in total. The largest absolute Gasteiger partial charge is 0.373 e. The third-order valence-corrected chi connectivity index (χ3v) is 2.93. The Morgan fingerprint density at radius 3 is 2.40 bits per heavy atom. The van der Waals surface area contributed by atoms with E-state index < -0.39 is 0 Å². The highest BCUT2D eigenvalue weighted by Crippen LogP contribution is 2.39. The van der Waals surface area contributed by atoms with Gasteiger partial charge in [-0.05, 0) is 25.7 Å². The van der Waals surface area contributed by atoms with E-state index in [4.69, 9.17) is 4.98 Å². The van der Waals surface area contributed by atoms with E-state index in [1.54, 1.807) is 0 Å². The van der Waals surface area contributed by atoms with Crippen molar-refractivity contribution in [1.82, 2.24) is 9.97 Å². The Kier molecular flexibility index (Phi) is 2.63. The van der Waals surface area contributed by atoms with Crippen LogP contribution in [0.5, 0.6) is 0 Å². The van der Waals surface area contributed by atoms with Gasteiger partial charge in [0.2, 0.25) is 0 Å². The second kappa shape index (κ2) is 3.80. The summed E-state index contributed by atoms with van der Waals surface area (Å²) in [5, 5.41) is 3.16. The number of aromatic nitrogens is 2. The first-order valence-electron chi connectivity index (χ1n) is 5.69. The van der Waals surface area contributed by atoms with Gasteiger partial charge in [-0.15, -0.1) is 0 Å². The molecule has 0 amide bonds. The molecule has 0 aliphatic heterocycles. The molecule has 0 atom stereocenters. The molecule has 1 aromatic heterocycles. The van der Waals surface area contributed by atoms with Gasteiger partial charge in [-0.1, -0.05) is 13.8 Å². The number of nitrogens with zero attached hydrogens (tertiary/aromatic N) is 2. The van der Waals surface area contributed by atoms with Crippen molar-refractivity contribution < 1.29 is 0 Å². The molecule has 82 valence electrons. The van der Waals surface area contributed by atoms with Crippen molar-refractivity contribution in [2.45, 2.75) is 45.4 Å². The summed E-state index contributed by atoms with van der Waals surface area (Å²) in [6.07, 6.45) is 2.51. The van der Waals surface area contributed by atoms with E-state index >= 15 is 0 Å². The number of hydrogen-bond acceptors (Lipinski definition) is 3. The monoisotopic (exact) mass is 205 g/mol. The molecular formula is C12H19N3. The molecule has 3 heteroatoms. The van der Waals surface area contributed by atoms with E-state index in [0.29, 0.717) is 11.8 Å². The second-order valence-electron chi connectivity index (χ2n) is 4.62. The zero-order valence-electron chi connectivity index (χ0n) is 9.96. The highest BCUT2D eigenvalue weighted by molar-refractivity contribution is 5.46. The first-order valence-corrected chi connectivity index (χ1v) is 5.69. The summed E-state index contributed by atoms with van der Waals surface area (Å²) in [6, 6.07) is 0. The maximum absolute atomic E-state index is 4.69. The minimum Gasteiger partial charge on any atom is -0.373 e. The molecule has 0 spiro atoms. The summed E-state index contributed by atoms with van der Waals surface area (Å²) in [4.78, 5) is 9.26. The summed E-state index contributed by atoms with van der Waals surface area (Å²) in [7, 11) is 1.93. The fraction of sp³-hybridized carbons (Fsp3) is 0.667. The summed E-state index contributed by atoms with van der Waals surface area (Å²) < 4.78 is 0. The van der Waals surface area contributed by atoms with Gasteiger partial charge in [0.1, 0.15) is 11.6 Å². The normalized spacial score (nSPS) is 15.8. The topological polar surface area (TPSA) is 37.8 Å². The van der Waals surface area contributed by atoms with Crippen LogP contribution in [0.1, 0.15) is 55.6 Å². The fourth-order valence-electron chi connectivity index (χ4n) is 1.88. The average Bonchev–Trinajstić information content (AvgIpc) is 3.01. The highest BCUT2D eigenvalue weighted by atomic mass is 15.0. The minimum absolute atomic E-state index is 0.470. The van der Waals surface area contributed by atoms with E-state index in [-0.39, 0.29) is 0 Å². The van der Waals surface area contributed by atoms with E-state index in [1.165, 1.54) is 24.1 Å². The van der Waals surface area contributed by atoms with Crippen LogP contribution in [0.15, 0.2) is 0 Å². The van der Waals surface area contributed by atoms with Crippen LogP contribution in [0.2, 0.25) is 0 Å². The molecule has 0 radical (unpaired) electrons. The zero-order valence-corrected chi connectivity index (χ0v) is 9.96. The molecule has 1 heterocycles. The van der Waals surface area contributed by atoms with Crippen LogP contribution in [-0.2, 0) is 0 Å². The zero-order chi connectivity index (χ0) is 11.0. The standard InChI is InChI=1S/C12H19N3/c1-7(2)10-8(3)11(13-4)15-12(14-10)9-5-6-9/h7,9H,5-6H2,1-4H3,(H,13,14,15). The lowest BCUT2D eigenvalue weighted by molar-refractivity contribution is 0.773. The second-order valence-corrected chi connectivity index (χ2v) is 4.62. The van der Waals surface area contributed by atoms with Gasteiger partial charge < -0.3 is 5.32 Å². The first kappa shape index (κ1) is 10.4. The van der Waals surface area contributed by atoms with E-state index in [9.17, 15) is 0 Å². The summed E-state index contributed by atoms with van der Waals surface area (Å²) in [6.45, 7) is 6.47. The van der Waals surface area contributed by atoms with Gasteiger partial charge in [0.15, 0.2) is 0 Å². The number of rotatable bonds is 3. The van der Waals surface area contributed by atoms with E-state index in [1.807, 2.05) is 7.05 Å². The van der Waals surface area contributed by atoms with Gasteiger partial charge in [-0.3, -0.25) is 0 Å². The van der Waals surface area contributed by atoms with Crippen LogP contribution >= 0.6 is 0 Å². The molecule has 1 aliphatic rings. The Hall–Kier alpha value is -1.12. The van der Waals surface area contributed by atoms with E-state index in [0.717, 1.165) is 11.6 Å². The molecule has 1 aliphatic carbocycles. The summed E-state index contributed by atoms with van der Waals surface area (Å²) in [5.74, 6) is 3.12. The predicted octanol–water partition coefficient (Wildman–Crippen LogP) is 2.83. The van der Waals surface area contributed by atoms with Crippen LogP contribution in [-0.4, -0.2) is 17.0 Å². The molecule has 3 nitrogen and oxygen atoms in total. The van der Waals surface area contributed by atoms with Crippen molar-refractivity contribution in [2.75, 3.05) is 12.4 Å². The van der Waals surface area contributed by atoms with Crippen LogP contribution in [0.25, 0.3) is 0 Å². The third-order valence-electron chi connectivity index (χ3n) is 2.93. The lowest BCUT2D eigenvalue weighted by Crippen LogP contribution is -2.07. The third kappa shape index (κ3) is 1.96. The maximum Gasteiger partial charge on any atom is 0.134 e. The van der Waals surface area contributed by atoms with Crippen LogP contribution in [0.3, 0.4) is 0 Å². The summed E-state index contributed by atoms with van der Waals surface area (Å²) in [5.41, 5.74) is 2.38. The Balaban J connectivity index is 2.47. The molecule has 2 rings (SSSR count). The molecule has 15 heavy (non-hydrogen) atoms. The predicted molar refractivity (Wildman–Crippen MR) is 62.4 cm³/mol. The Morgan fingerprint density at radius 2 is 1.93 bits per heavy atom. The molecule has 0 bridgehead atoms. The SMILES string of the molecule is CNc1nc(C2CC2)nc(C(C)C)c1C. The number of anilines is 1. The molecular weight excluding hydrogens is 186 g/mol. The van der Waals surface area contributed by atoms with Crippen molar-refractivity contribution in [1.29, 1.82) is 0 Å². The quantitative estimate of drug-likeness (QED) is 0.824. The molecule has 1 fully saturated rings. The average molecular weight is 205 g/mol. The van der Waals surface area contributed by atoms with Gasteiger partial charge in [0, 0.05) is 18.5 Å². The molecule has 1 aromatic rings. The van der Waals surface area contributed by atoms with Crippen molar-refractivity contribution in [3.63, 3.8) is 0 Å². The molecule has 1 saturated carbocycles. The Labute approximate surface area is 91.3 Å². The number of nitrogens with one attached hydrogen (secondary N) is 1. The molecule has 0 aromatic carbocycles. The van der Waals surface area contributed by atoms with Crippen molar-refractivity contribution >= 4 is 5.82 Å². The molecule has 0 saturated heterocycles. The van der Waals surface area contributed by atoms with Crippen molar-refractivity contribution in [3.8, 4) is 0 Å². The van der Waals surface area contributed by atoms with Gasteiger partial charge in [0.25, 0.3) is 0 Å². The van der Waals surface area contributed by atoms with Crippen molar-refractivity contribution in [3.05, 3.63) is 17.1 Å². The van der Waals surface area contributed by atoms with E-state index in [2.05, 4.69) is 31.1 Å². The lowest BCUT2D eigenvalue weighted by atomic mass is 10.1. The highest BCUT2D eigenvalue weighted by Gasteiger charge is 2.28. The van der Waals surface area contributed by atoms with Gasteiger partial charge in [0.05, 0.1) is 5.69 Å². The van der Waals surface area contributed by atoms with Gasteiger partial charge in [-0.25, -0.2) is 9.97 Å². The van der Waals surface area contributed by atoms with Crippen LogP contribution in [0.4, 0.5) is 5.82 Å². The Bertz CT molecular complexity index is 367. The van der Waals surface area contributed by atoms with Crippen LogP contribution < -0.4 is 5.32 Å². The maximum atomic E-state index is 4.69. The number of hydrogen-bond donors (Lipinski definition) is 1. The van der Waals surface area contributed by atoms with Crippen molar-refractivity contribution in [2.24, 2.45) is 0 Å². The first-order chi connectivity index (χ1) is 7.13. The van der Waals surface area contributed by atoms with Crippen LogP contribution in [0, 0.1) is 6.92 Å². The van der Waals surface area contributed by atoms with Gasteiger partial charge >= 0.3 is 0 Å². The summed E-state index contributed by atoms with van der Waals surface area (Å²) >= 11 is 0. The smallest absolute Gasteiger partial charge is 0.134 e. The Morgan fingerprint density at radius 1 is 1.27 bits per heavy atom. The van der Waals surface area contributed by atoms with Gasteiger partial charge in [-0.2, -0.15) is 0 Å².